The molecular formula is C33H46N2O5SSi. The van der Waals surface area contributed by atoms with E-state index in [0.29, 0.717) is 11.8 Å². The van der Waals surface area contributed by atoms with Gasteiger partial charge >= 0.3 is 0 Å². The number of ether oxygens (including phenoxy) is 1. The van der Waals surface area contributed by atoms with Crippen LogP contribution in [0.5, 0.6) is 5.75 Å². The summed E-state index contributed by atoms with van der Waals surface area (Å²) in [6, 6.07) is 15.3. The lowest BCUT2D eigenvalue weighted by atomic mass is 9.72. The van der Waals surface area contributed by atoms with Crippen LogP contribution >= 0.6 is 0 Å². The van der Waals surface area contributed by atoms with Gasteiger partial charge in [-0.15, -0.1) is 0 Å². The lowest BCUT2D eigenvalue weighted by molar-refractivity contribution is -0.0551. The molecule has 5 atom stereocenters. The van der Waals surface area contributed by atoms with Crippen molar-refractivity contribution in [2.24, 2.45) is 11.8 Å². The second-order valence-electron chi connectivity index (χ2n) is 13.6. The predicted molar refractivity (Wildman–Crippen MR) is 170 cm³/mol. The summed E-state index contributed by atoms with van der Waals surface area (Å²) >= 11 is 0. The van der Waals surface area contributed by atoms with Crippen LogP contribution in [0.2, 0.25) is 18.1 Å². The molecule has 3 aliphatic rings. The average Bonchev–Trinajstić information content (AvgIpc) is 2.95. The fourth-order valence-electron chi connectivity index (χ4n) is 6.27. The summed E-state index contributed by atoms with van der Waals surface area (Å²) in [5.41, 5.74) is 3.13. The Morgan fingerprint density at radius 1 is 1.10 bits per heavy atom. The molecule has 2 bridgehead atoms. The SMILES string of the molecule is COc1ccc2nccc([C@H](O[Si](C)(C)C(C)(C)C)[C@H]3C[C@@H]4CCN3C[C@@H]4CCOS(=O)(=O)c3ccc(C)cc3)c2c1. The molecule has 0 radical (unpaired) electrons. The summed E-state index contributed by atoms with van der Waals surface area (Å²) in [4.78, 5) is 7.46. The highest BCUT2D eigenvalue weighted by molar-refractivity contribution is 7.86. The van der Waals surface area contributed by atoms with Gasteiger partial charge in [-0.2, -0.15) is 8.42 Å². The fourth-order valence-corrected chi connectivity index (χ4v) is 8.46. The minimum Gasteiger partial charge on any atom is -0.497 e. The van der Waals surface area contributed by atoms with Crippen LogP contribution in [0, 0.1) is 18.8 Å². The van der Waals surface area contributed by atoms with Gasteiger partial charge in [0.2, 0.25) is 0 Å². The topological polar surface area (TPSA) is 78.0 Å². The van der Waals surface area contributed by atoms with Crippen LogP contribution in [0.15, 0.2) is 59.6 Å². The van der Waals surface area contributed by atoms with Crippen molar-refractivity contribution >= 4 is 29.3 Å². The number of rotatable bonds is 10. The molecule has 0 aliphatic carbocycles. The van der Waals surface area contributed by atoms with Crippen molar-refractivity contribution in [1.82, 2.24) is 9.88 Å². The molecule has 1 unspecified atom stereocenters. The molecule has 9 heteroatoms. The third-order valence-electron chi connectivity index (χ3n) is 9.84. The quantitative estimate of drug-likeness (QED) is 0.179. The van der Waals surface area contributed by atoms with Gasteiger partial charge in [0.05, 0.1) is 30.2 Å². The van der Waals surface area contributed by atoms with E-state index in [1.54, 1.807) is 31.4 Å². The lowest BCUT2D eigenvalue weighted by Crippen LogP contribution is -2.57. The monoisotopic (exact) mass is 610 g/mol. The summed E-state index contributed by atoms with van der Waals surface area (Å²) in [6.07, 6.45) is 4.66. The molecule has 1 aromatic heterocycles. The van der Waals surface area contributed by atoms with Gasteiger partial charge in [0, 0.05) is 24.2 Å². The highest BCUT2D eigenvalue weighted by atomic mass is 32.2. The number of aromatic nitrogens is 1. The molecule has 0 N–H and O–H groups in total. The minimum atomic E-state index is -3.76. The number of fused-ring (bicyclic) bond motifs is 4. The Hall–Kier alpha value is -2.30. The summed E-state index contributed by atoms with van der Waals surface area (Å²) in [7, 11) is -4.19. The molecule has 3 fully saturated rings. The Balaban J connectivity index is 1.37. The van der Waals surface area contributed by atoms with Crippen LogP contribution in [0.25, 0.3) is 10.9 Å². The Morgan fingerprint density at radius 3 is 2.48 bits per heavy atom. The Morgan fingerprint density at radius 2 is 1.83 bits per heavy atom. The van der Waals surface area contributed by atoms with E-state index in [1.165, 1.54) is 5.56 Å². The number of hydrogen-bond acceptors (Lipinski definition) is 7. The summed E-state index contributed by atoms with van der Waals surface area (Å²) in [5.74, 6) is 1.71. The first-order chi connectivity index (χ1) is 19.8. The first kappa shape index (κ1) is 31.1. The number of benzene rings is 2. The van der Waals surface area contributed by atoms with Crippen molar-refractivity contribution in [2.75, 3.05) is 26.8 Å². The van der Waals surface area contributed by atoms with Crippen LogP contribution in [-0.4, -0.2) is 59.5 Å². The molecule has 3 aromatic rings. The Labute approximate surface area is 252 Å². The highest BCUT2D eigenvalue weighted by Gasteiger charge is 2.47. The normalized spacial score (nSPS) is 23.7. The Bertz CT molecular complexity index is 1500. The van der Waals surface area contributed by atoms with Gasteiger partial charge in [-0.25, -0.2) is 0 Å². The van der Waals surface area contributed by atoms with E-state index in [0.717, 1.165) is 54.6 Å². The minimum absolute atomic E-state index is 0.0671. The molecule has 0 saturated carbocycles. The molecule has 7 nitrogen and oxygen atoms in total. The van der Waals surface area contributed by atoms with Gasteiger partial charge in [-0.05, 0) is 105 Å². The van der Waals surface area contributed by atoms with Crippen molar-refractivity contribution in [3.63, 3.8) is 0 Å². The lowest BCUT2D eigenvalue weighted by Gasteiger charge is -2.53. The zero-order chi connectivity index (χ0) is 30.3. The molecule has 2 aromatic carbocycles. The fraction of sp³-hybridized carbons (Fsp3) is 0.545. The summed E-state index contributed by atoms with van der Waals surface area (Å²) in [6.45, 7) is 15.6. The van der Waals surface area contributed by atoms with Gasteiger partial charge < -0.3 is 9.16 Å². The van der Waals surface area contributed by atoms with Gasteiger partial charge in [0.25, 0.3) is 10.1 Å². The molecule has 6 rings (SSSR count). The Kier molecular flexibility index (Phi) is 8.89. The maximum atomic E-state index is 12.8. The highest BCUT2D eigenvalue weighted by Crippen LogP contribution is 2.48. The van der Waals surface area contributed by atoms with E-state index >= 15 is 0 Å². The van der Waals surface area contributed by atoms with Crippen LogP contribution in [-0.2, 0) is 18.7 Å². The number of aryl methyl sites for hydroxylation is 1. The standard InChI is InChI=1S/C33H46N2O5SSi/c1-23-8-11-27(12-9-23)41(36,37)39-19-16-25-22-35-18-15-24(25)20-31(35)32(40-42(6,7)33(2,3)4)28-14-17-34-30-13-10-26(38-5)21-29(28)30/h8-14,17,21,24-25,31-32H,15-16,18-20,22H2,1-7H3/t24-,25-,31+,32-/m0/s1. The maximum absolute atomic E-state index is 12.8. The van der Waals surface area contributed by atoms with E-state index < -0.39 is 18.4 Å². The number of hydrogen-bond donors (Lipinski definition) is 0. The molecule has 228 valence electrons. The predicted octanol–water partition coefficient (Wildman–Crippen LogP) is 7.12. The molecular weight excluding hydrogens is 565 g/mol. The van der Waals surface area contributed by atoms with Crippen LogP contribution < -0.4 is 4.74 Å². The van der Waals surface area contributed by atoms with Crippen molar-refractivity contribution in [1.29, 1.82) is 0 Å². The number of piperidine rings is 3. The van der Waals surface area contributed by atoms with E-state index in [4.69, 9.17) is 13.3 Å². The number of pyridine rings is 1. The third kappa shape index (κ3) is 6.45. The smallest absolute Gasteiger partial charge is 0.296 e. The van der Waals surface area contributed by atoms with E-state index in [-0.39, 0.29) is 28.7 Å². The molecule has 3 saturated heterocycles. The zero-order valence-corrected chi connectivity index (χ0v) is 27.9. The van der Waals surface area contributed by atoms with Crippen LogP contribution in [0.3, 0.4) is 0 Å². The van der Waals surface area contributed by atoms with Gasteiger partial charge in [0.1, 0.15) is 5.75 Å². The first-order valence-electron chi connectivity index (χ1n) is 15.1. The maximum Gasteiger partial charge on any atom is 0.296 e. The number of methoxy groups -OCH3 is 1. The van der Waals surface area contributed by atoms with Crippen LogP contribution in [0.1, 0.15) is 57.3 Å². The van der Waals surface area contributed by atoms with Gasteiger partial charge in [-0.1, -0.05) is 38.5 Å². The molecule has 0 spiro atoms. The second kappa shape index (κ2) is 12.0. The molecule has 0 amide bonds. The molecule has 3 aliphatic heterocycles. The van der Waals surface area contributed by atoms with E-state index in [9.17, 15) is 8.42 Å². The second-order valence-corrected chi connectivity index (χ2v) is 19.9. The van der Waals surface area contributed by atoms with E-state index in [1.807, 2.05) is 25.3 Å². The van der Waals surface area contributed by atoms with Crippen molar-refractivity contribution in [3.05, 3.63) is 65.9 Å². The average molecular weight is 611 g/mol. The van der Waals surface area contributed by atoms with Gasteiger partial charge in [-0.3, -0.25) is 14.1 Å². The van der Waals surface area contributed by atoms with Crippen LogP contribution in [0.4, 0.5) is 0 Å². The molecule has 4 heterocycles. The summed E-state index contributed by atoms with van der Waals surface area (Å²) < 4.78 is 43.9. The zero-order valence-electron chi connectivity index (χ0n) is 26.1. The van der Waals surface area contributed by atoms with Crippen molar-refractivity contribution in [3.8, 4) is 5.75 Å². The van der Waals surface area contributed by atoms with Crippen molar-refractivity contribution < 1.29 is 21.8 Å². The number of nitrogens with zero attached hydrogens (tertiary/aromatic N) is 2. The summed E-state index contributed by atoms with van der Waals surface area (Å²) in [5, 5.41) is 1.15. The largest absolute Gasteiger partial charge is 0.497 e. The van der Waals surface area contributed by atoms with E-state index in [2.05, 4.69) is 55.9 Å². The van der Waals surface area contributed by atoms with Crippen molar-refractivity contribution in [2.45, 2.75) is 82.1 Å². The third-order valence-corrected chi connectivity index (χ3v) is 15.6. The van der Waals surface area contributed by atoms with Gasteiger partial charge in [0.15, 0.2) is 8.32 Å². The molecule has 42 heavy (non-hydrogen) atoms. The first-order valence-corrected chi connectivity index (χ1v) is 19.4.